The molecule has 0 aliphatic heterocycles. The van der Waals surface area contributed by atoms with E-state index < -0.39 is 16.1 Å². The number of rotatable bonds is 13. The summed E-state index contributed by atoms with van der Waals surface area (Å²) in [6.45, 7) is 2.25. The maximum atomic E-state index is 14.0. The first-order valence-electron chi connectivity index (χ1n) is 14.5. The number of para-hydroxylation sites is 1. The second kappa shape index (κ2) is 14.7. The minimum atomic E-state index is -3.56. The van der Waals surface area contributed by atoms with Crippen molar-refractivity contribution in [1.29, 1.82) is 0 Å². The molecule has 1 saturated carbocycles. The molecule has 0 saturated heterocycles. The summed E-state index contributed by atoms with van der Waals surface area (Å²) >= 11 is 6.12. The number of sulfonamides is 1. The van der Waals surface area contributed by atoms with Gasteiger partial charge in [0.05, 0.1) is 11.9 Å². The van der Waals surface area contributed by atoms with Gasteiger partial charge in [0.15, 0.2) is 0 Å². The highest BCUT2D eigenvalue weighted by atomic mass is 35.5. The molecule has 0 radical (unpaired) electrons. The topological polar surface area (TPSA) is 86.8 Å². The molecule has 0 spiro atoms. The van der Waals surface area contributed by atoms with E-state index in [1.165, 1.54) is 10.6 Å². The molecule has 224 valence electrons. The van der Waals surface area contributed by atoms with Crippen LogP contribution in [0.2, 0.25) is 5.02 Å². The molecular formula is C33H40ClN3O4S. The van der Waals surface area contributed by atoms with Crippen LogP contribution >= 0.6 is 11.6 Å². The van der Waals surface area contributed by atoms with Gasteiger partial charge in [-0.25, -0.2) is 8.42 Å². The predicted octanol–water partition coefficient (Wildman–Crippen LogP) is 5.89. The van der Waals surface area contributed by atoms with Crippen molar-refractivity contribution in [3.63, 3.8) is 0 Å². The third kappa shape index (κ3) is 8.82. The van der Waals surface area contributed by atoms with E-state index in [4.69, 9.17) is 11.6 Å². The minimum Gasteiger partial charge on any atom is -0.352 e. The van der Waals surface area contributed by atoms with E-state index in [9.17, 15) is 18.0 Å². The molecule has 42 heavy (non-hydrogen) atoms. The molecule has 1 aliphatic rings. The number of nitrogens with one attached hydrogen (secondary N) is 1. The predicted molar refractivity (Wildman–Crippen MR) is 169 cm³/mol. The van der Waals surface area contributed by atoms with Crippen LogP contribution in [0.5, 0.6) is 0 Å². The third-order valence-electron chi connectivity index (χ3n) is 7.78. The first-order valence-corrected chi connectivity index (χ1v) is 16.8. The highest BCUT2D eigenvalue weighted by Gasteiger charge is 2.32. The summed E-state index contributed by atoms with van der Waals surface area (Å²) in [7, 11) is -3.56. The number of carbonyl (C=O) groups excluding carboxylic acids is 2. The second-order valence-electron chi connectivity index (χ2n) is 11.1. The summed E-state index contributed by atoms with van der Waals surface area (Å²) in [5.41, 5.74) is 3.26. The highest BCUT2D eigenvalue weighted by Crippen LogP contribution is 2.24. The Morgan fingerprint density at radius 3 is 2.21 bits per heavy atom. The van der Waals surface area contributed by atoms with Gasteiger partial charge in [0, 0.05) is 37.0 Å². The molecule has 0 unspecified atom stereocenters. The van der Waals surface area contributed by atoms with Gasteiger partial charge in [-0.15, -0.1) is 0 Å². The fourth-order valence-corrected chi connectivity index (χ4v) is 6.68. The number of aryl methyl sites for hydroxylation is 1. The van der Waals surface area contributed by atoms with Crippen molar-refractivity contribution >= 4 is 39.1 Å². The Labute approximate surface area is 254 Å². The maximum absolute atomic E-state index is 14.0. The van der Waals surface area contributed by atoms with Crippen LogP contribution in [0.15, 0.2) is 78.9 Å². The van der Waals surface area contributed by atoms with Gasteiger partial charge in [-0.1, -0.05) is 85.1 Å². The highest BCUT2D eigenvalue weighted by molar-refractivity contribution is 7.92. The van der Waals surface area contributed by atoms with Crippen LogP contribution in [0.1, 0.15) is 55.2 Å². The number of anilines is 1. The van der Waals surface area contributed by atoms with Gasteiger partial charge in [-0.2, -0.15) is 0 Å². The summed E-state index contributed by atoms with van der Waals surface area (Å²) in [5, 5.41) is 3.80. The minimum absolute atomic E-state index is 0.0908. The number of nitrogens with zero attached hydrogens (tertiary/aromatic N) is 2. The Balaban J connectivity index is 1.59. The molecule has 4 rings (SSSR count). The van der Waals surface area contributed by atoms with Gasteiger partial charge >= 0.3 is 0 Å². The largest absolute Gasteiger partial charge is 0.352 e. The standard InChI is InChI=1S/C33H40ClN3O4S/c1-25-11-6-9-16-30(25)37(42(2,40)41)22-10-17-32(38)36(24-27-18-20-28(34)21-19-27)31(23-26-12-4-3-5-13-26)33(39)35-29-14-7-8-15-29/h3-6,9,11-13,16,18-21,29,31H,7-8,10,14-15,17,22-24H2,1-2H3,(H,35,39)/t31-/m0/s1. The van der Waals surface area contributed by atoms with Crippen LogP contribution in [-0.2, 0) is 32.6 Å². The van der Waals surface area contributed by atoms with Crippen LogP contribution in [0, 0.1) is 6.92 Å². The molecule has 3 aromatic carbocycles. The van der Waals surface area contributed by atoms with E-state index in [2.05, 4.69) is 5.32 Å². The van der Waals surface area contributed by atoms with E-state index in [1.807, 2.05) is 61.5 Å². The Bertz CT molecular complexity index is 1440. The second-order valence-corrected chi connectivity index (χ2v) is 13.4. The van der Waals surface area contributed by atoms with Crippen molar-refractivity contribution in [1.82, 2.24) is 10.2 Å². The zero-order chi connectivity index (χ0) is 30.1. The van der Waals surface area contributed by atoms with Gasteiger partial charge in [0.25, 0.3) is 0 Å². The van der Waals surface area contributed by atoms with Crippen LogP contribution in [0.25, 0.3) is 0 Å². The molecule has 3 aromatic rings. The zero-order valence-electron chi connectivity index (χ0n) is 24.3. The lowest BCUT2D eigenvalue weighted by molar-refractivity contribution is -0.141. The SMILES string of the molecule is Cc1ccccc1N(CCCC(=O)N(Cc1ccc(Cl)cc1)[C@@H](Cc1ccccc1)C(=O)NC1CCCC1)S(C)(=O)=O. The number of carbonyl (C=O) groups is 2. The Morgan fingerprint density at radius 2 is 1.57 bits per heavy atom. The first kappa shape index (κ1) is 31.6. The van der Waals surface area contributed by atoms with E-state index in [0.717, 1.165) is 42.4 Å². The van der Waals surface area contributed by atoms with Crippen molar-refractivity contribution < 1.29 is 18.0 Å². The molecule has 2 amide bonds. The number of amides is 2. The molecule has 1 N–H and O–H groups in total. The first-order chi connectivity index (χ1) is 20.1. The van der Waals surface area contributed by atoms with E-state index in [0.29, 0.717) is 23.6 Å². The molecule has 0 bridgehead atoms. The molecule has 0 aromatic heterocycles. The van der Waals surface area contributed by atoms with Gasteiger partial charge in [-0.3, -0.25) is 13.9 Å². The van der Waals surface area contributed by atoms with E-state index in [1.54, 1.807) is 29.2 Å². The summed E-state index contributed by atoms with van der Waals surface area (Å²) in [4.78, 5) is 29.4. The molecule has 1 atom stereocenters. The van der Waals surface area contributed by atoms with Gasteiger partial charge in [0.1, 0.15) is 6.04 Å². The number of hydrogen-bond donors (Lipinski definition) is 1. The molecule has 0 heterocycles. The smallest absolute Gasteiger partial charge is 0.243 e. The summed E-state index contributed by atoms with van der Waals surface area (Å²) in [5.74, 6) is -0.364. The fraction of sp³-hybridized carbons (Fsp3) is 0.394. The van der Waals surface area contributed by atoms with Gasteiger partial charge in [-0.05, 0) is 61.1 Å². The van der Waals surface area contributed by atoms with E-state index >= 15 is 0 Å². The lowest BCUT2D eigenvalue weighted by Gasteiger charge is -2.33. The van der Waals surface area contributed by atoms with Crippen molar-refractivity contribution in [2.75, 3.05) is 17.1 Å². The Morgan fingerprint density at radius 1 is 0.929 bits per heavy atom. The van der Waals surface area contributed by atoms with Crippen LogP contribution in [-0.4, -0.2) is 50.0 Å². The Kier molecular flexibility index (Phi) is 11.0. The summed E-state index contributed by atoms with van der Waals surface area (Å²) in [6, 6.07) is 23.7. The summed E-state index contributed by atoms with van der Waals surface area (Å²) < 4.78 is 26.7. The number of hydrogen-bond acceptors (Lipinski definition) is 4. The van der Waals surface area contributed by atoms with Crippen LogP contribution in [0.4, 0.5) is 5.69 Å². The lowest BCUT2D eigenvalue weighted by Crippen LogP contribution is -2.52. The maximum Gasteiger partial charge on any atom is 0.243 e. The normalized spacial score (nSPS) is 14.4. The third-order valence-corrected chi connectivity index (χ3v) is 9.21. The Hall–Kier alpha value is -3.36. The molecule has 9 heteroatoms. The van der Waals surface area contributed by atoms with E-state index in [-0.39, 0.29) is 37.4 Å². The van der Waals surface area contributed by atoms with Gasteiger partial charge in [0.2, 0.25) is 21.8 Å². The molecular weight excluding hydrogens is 570 g/mol. The number of halogens is 1. The lowest BCUT2D eigenvalue weighted by atomic mass is 10.0. The summed E-state index contributed by atoms with van der Waals surface area (Å²) in [6.07, 6.45) is 5.99. The number of benzene rings is 3. The van der Waals surface area contributed by atoms with Crippen LogP contribution < -0.4 is 9.62 Å². The van der Waals surface area contributed by atoms with Crippen molar-refractivity contribution in [2.24, 2.45) is 0 Å². The molecule has 1 aliphatic carbocycles. The van der Waals surface area contributed by atoms with Crippen LogP contribution in [0.3, 0.4) is 0 Å². The quantitative estimate of drug-likeness (QED) is 0.262. The monoisotopic (exact) mass is 609 g/mol. The van der Waals surface area contributed by atoms with Crippen molar-refractivity contribution in [3.05, 3.63) is 101 Å². The van der Waals surface area contributed by atoms with Gasteiger partial charge < -0.3 is 10.2 Å². The average Bonchev–Trinajstić information content (AvgIpc) is 3.47. The average molecular weight is 610 g/mol. The molecule has 1 fully saturated rings. The fourth-order valence-electron chi connectivity index (χ4n) is 5.53. The molecule has 7 nitrogen and oxygen atoms in total. The van der Waals surface area contributed by atoms with Crippen molar-refractivity contribution in [3.8, 4) is 0 Å². The van der Waals surface area contributed by atoms with Crippen molar-refractivity contribution in [2.45, 2.75) is 70.5 Å². The zero-order valence-corrected chi connectivity index (χ0v) is 25.9.